The number of amides is 1. The first-order valence-electron chi connectivity index (χ1n) is 9.46. The molecule has 28 heavy (non-hydrogen) atoms. The number of carbonyl (C=O) groups excluding carboxylic acids is 2. The van der Waals surface area contributed by atoms with Crippen molar-refractivity contribution in [2.24, 2.45) is 0 Å². The Morgan fingerprint density at radius 3 is 2.43 bits per heavy atom. The summed E-state index contributed by atoms with van der Waals surface area (Å²) in [6, 6.07) is 7.24. The minimum Gasteiger partial charge on any atom is -0.452 e. The lowest BCUT2D eigenvalue weighted by molar-refractivity contribution is -0.138. The van der Waals surface area contributed by atoms with Crippen LogP contribution in [0, 0.1) is 25.2 Å². The second-order valence-electron chi connectivity index (χ2n) is 7.33. The third-order valence-corrected chi connectivity index (χ3v) is 5.54. The van der Waals surface area contributed by atoms with Crippen molar-refractivity contribution in [2.75, 3.05) is 13.7 Å². The molecule has 1 heterocycles. The van der Waals surface area contributed by atoms with Gasteiger partial charge in [0.2, 0.25) is 0 Å². The Bertz CT molecular complexity index is 958. The first-order valence-corrected chi connectivity index (χ1v) is 9.46. The van der Waals surface area contributed by atoms with Crippen LogP contribution in [0.1, 0.15) is 53.8 Å². The van der Waals surface area contributed by atoms with E-state index < -0.39 is 18.1 Å². The van der Waals surface area contributed by atoms with Gasteiger partial charge >= 0.3 is 5.97 Å². The smallest absolute Gasteiger partial charge is 0.338 e. The van der Waals surface area contributed by atoms with Crippen LogP contribution in [0.3, 0.4) is 0 Å². The van der Waals surface area contributed by atoms with E-state index >= 15 is 0 Å². The lowest BCUT2D eigenvalue weighted by Crippen LogP contribution is -2.51. The largest absolute Gasteiger partial charge is 0.452 e. The maximum atomic E-state index is 12.5. The molecule has 0 atom stereocenters. The number of nitriles is 1. The summed E-state index contributed by atoms with van der Waals surface area (Å²) in [4.78, 5) is 35.2. The summed E-state index contributed by atoms with van der Waals surface area (Å²) >= 11 is 0. The molecule has 2 aromatic rings. The van der Waals surface area contributed by atoms with Gasteiger partial charge in [0.1, 0.15) is 5.54 Å². The molecule has 7 heteroatoms. The van der Waals surface area contributed by atoms with Gasteiger partial charge in [-0.15, -0.1) is 0 Å². The predicted molar refractivity (Wildman–Crippen MR) is 103 cm³/mol. The van der Waals surface area contributed by atoms with Crippen LogP contribution in [-0.2, 0) is 9.53 Å². The third-order valence-electron chi connectivity index (χ3n) is 5.54. The molecule has 1 amide bonds. The summed E-state index contributed by atoms with van der Waals surface area (Å²) in [5.74, 6) is -0.970. The maximum Gasteiger partial charge on any atom is 0.338 e. The molecule has 0 spiro atoms. The zero-order valence-corrected chi connectivity index (χ0v) is 16.5. The first kappa shape index (κ1) is 19.7. The van der Waals surface area contributed by atoms with Crippen molar-refractivity contribution >= 4 is 22.9 Å². The van der Waals surface area contributed by atoms with Crippen molar-refractivity contribution < 1.29 is 14.3 Å². The molecule has 1 aliphatic carbocycles. The second-order valence-corrected chi connectivity index (χ2v) is 7.33. The van der Waals surface area contributed by atoms with Gasteiger partial charge in [0, 0.05) is 7.05 Å². The summed E-state index contributed by atoms with van der Waals surface area (Å²) < 4.78 is 5.21. The molecule has 1 aromatic heterocycles. The summed E-state index contributed by atoms with van der Waals surface area (Å²) in [7, 11) is 1.61. The van der Waals surface area contributed by atoms with E-state index in [1.807, 2.05) is 13.8 Å². The Morgan fingerprint density at radius 1 is 1.14 bits per heavy atom. The molecule has 1 aromatic carbocycles. The highest BCUT2D eigenvalue weighted by atomic mass is 16.5. The molecule has 146 valence electrons. The van der Waals surface area contributed by atoms with E-state index in [0.717, 1.165) is 30.7 Å². The number of likely N-dealkylation sites (N-methyl/N-ethyl adjacent to an activating group) is 1. The predicted octanol–water partition coefficient (Wildman–Crippen LogP) is 3.09. The molecule has 0 N–H and O–H groups in total. The highest BCUT2D eigenvalue weighted by Crippen LogP contribution is 2.32. The van der Waals surface area contributed by atoms with Gasteiger partial charge in [0.25, 0.3) is 5.91 Å². The number of aromatic nitrogens is 2. The van der Waals surface area contributed by atoms with Crippen LogP contribution in [0.15, 0.2) is 18.2 Å². The number of benzene rings is 1. The fourth-order valence-corrected chi connectivity index (χ4v) is 3.56. The Hall–Kier alpha value is -3.01. The van der Waals surface area contributed by atoms with Crippen LogP contribution in [0.5, 0.6) is 0 Å². The summed E-state index contributed by atoms with van der Waals surface area (Å²) in [5, 5.41) is 9.59. The highest BCUT2D eigenvalue weighted by Gasteiger charge is 2.39. The van der Waals surface area contributed by atoms with Crippen molar-refractivity contribution in [1.29, 1.82) is 5.26 Å². The molecule has 1 aliphatic rings. The van der Waals surface area contributed by atoms with Crippen LogP contribution in [0.4, 0.5) is 0 Å². The highest BCUT2D eigenvalue weighted by molar-refractivity contribution is 5.94. The molecular weight excluding hydrogens is 356 g/mol. The number of rotatable bonds is 4. The number of hydrogen-bond acceptors (Lipinski definition) is 6. The van der Waals surface area contributed by atoms with Crippen molar-refractivity contribution in [3.05, 3.63) is 35.2 Å². The Morgan fingerprint density at radius 2 is 1.79 bits per heavy atom. The lowest BCUT2D eigenvalue weighted by atomic mass is 9.81. The van der Waals surface area contributed by atoms with Gasteiger partial charge in [0.05, 0.1) is 34.1 Å². The molecule has 3 rings (SSSR count). The van der Waals surface area contributed by atoms with Crippen LogP contribution in [0.2, 0.25) is 0 Å². The normalized spacial score (nSPS) is 15.6. The number of fused-ring (bicyclic) bond motifs is 1. The van der Waals surface area contributed by atoms with E-state index in [1.165, 1.54) is 4.90 Å². The lowest BCUT2D eigenvalue weighted by Gasteiger charge is -2.38. The molecule has 0 saturated heterocycles. The zero-order valence-electron chi connectivity index (χ0n) is 16.5. The van der Waals surface area contributed by atoms with Crippen LogP contribution in [-0.4, -0.2) is 45.9 Å². The molecule has 0 radical (unpaired) electrons. The second kappa shape index (κ2) is 7.93. The van der Waals surface area contributed by atoms with E-state index in [4.69, 9.17) is 4.74 Å². The fraction of sp³-hybridized carbons (Fsp3) is 0.476. The van der Waals surface area contributed by atoms with Gasteiger partial charge < -0.3 is 9.64 Å². The van der Waals surface area contributed by atoms with Crippen LogP contribution in [0.25, 0.3) is 11.0 Å². The van der Waals surface area contributed by atoms with Gasteiger partial charge in [-0.05, 0) is 44.9 Å². The molecule has 0 bridgehead atoms. The van der Waals surface area contributed by atoms with Gasteiger partial charge in [-0.25, -0.2) is 14.8 Å². The quantitative estimate of drug-likeness (QED) is 0.756. The number of nitrogens with zero attached hydrogens (tertiary/aromatic N) is 4. The fourth-order valence-electron chi connectivity index (χ4n) is 3.56. The van der Waals surface area contributed by atoms with E-state index in [0.29, 0.717) is 29.4 Å². The monoisotopic (exact) mass is 380 g/mol. The average molecular weight is 380 g/mol. The van der Waals surface area contributed by atoms with Crippen molar-refractivity contribution in [3.63, 3.8) is 0 Å². The van der Waals surface area contributed by atoms with E-state index in [2.05, 4.69) is 16.0 Å². The van der Waals surface area contributed by atoms with Gasteiger partial charge in [0.15, 0.2) is 6.61 Å². The molecule has 1 saturated carbocycles. The number of ether oxygens (including phenoxy) is 1. The molecular formula is C21H24N4O3. The first-order chi connectivity index (χ1) is 13.4. The molecule has 7 nitrogen and oxygen atoms in total. The summed E-state index contributed by atoms with van der Waals surface area (Å²) in [6.45, 7) is 3.35. The van der Waals surface area contributed by atoms with Gasteiger partial charge in [-0.1, -0.05) is 19.3 Å². The van der Waals surface area contributed by atoms with Crippen molar-refractivity contribution in [2.45, 2.75) is 51.5 Å². The maximum absolute atomic E-state index is 12.5. The van der Waals surface area contributed by atoms with E-state index in [1.54, 1.807) is 25.2 Å². The third kappa shape index (κ3) is 3.81. The van der Waals surface area contributed by atoms with E-state index in [-0.39, 0.29) is 5.91 Å². The summed E-state index contributed by atoms with van der Waals surface area (Å²) in [6.07, 6.45) is 4.22. The van der Waals surface area contributed by atoms with Crippen LogP contribution >= 0.6 is 0 Å². The molecule has 0 aliphatic heterocycles. The Balaban J connectivity index is 1.68. The van der Waals surface area contributed by atoms with Crippen molar-refractivity contribution in [1.82, 2.24) is 14.9 Å². The van der Waals surface area contributed by atoms with E-state index in [9.17, 15) is 14.9 Å². The minimum atomic E-state index is -0.796. The number of hydrogen-bond donors (Lipinski definition) is 0. The summed E-state index contributed by atoms with van der Waals surface area (Å²) in [5.41, 5.74) is 2.45. The number of aryl methyl sites for hydroxylation is 2. The van der Waals surface area contributed by atoms with Crippen molar-refractivity contribution in [3.8, 4) is 6.07 Å². The minimum absolute atomic E-state index is 0.313. The SMILES string of the molecule is Cc1nc2ccc(C(=O)OCC(=O)N(C)C3(C#N)CCCCC3)cc2nc1C. The molecule has 1 fully saturated rings. The number of esters is 1. The van der Waals surface area contributed by atoms with Crippen LogP contribution < -0.4 is 0 Å². The van der Waals surface area contributed by atoms with Gasteiger partial charge in [-0.3, -0.25) is 4.79 Å². The average Bonchev–Trinajstić information content (AvgIpc) is 2.72. The standard InChI is InChI=1S/C21H24N4O3/c1-14-15(2)24-18-11-16(7-8-17(18)23-14)20(27)28-12-19(26)25(3)21(13-22)9-5-4-6-10-21/h7-8,11H,4-6,9-10,12H2,1-3H3. The zero-order chi connectivity index (χ0) is 20.3. The topological polar surface area (TPSA) is 96.2 Å². The number of carbonyl (C=O) groups is 2. The molecule has 0 unspecified atom stereocenters. The Labute approximate surface area is 164 Å². The Kier molecular flexibility index (Phi) is 5.59. The van der Waals surface area contributed by atoms with Gasteiger partial charge in [-0.2, -0.15) is 5.26 Å².